The zero-order chi connectivity index (χ0) is 25.3. The molecular formula is C28H26N2O5S. The van der Waals surface area contributed by atoms with Crippen LogP contribution >= 0.6 is 11.3 Å². The molecule has 1 aromatic heterocycles. The minimum Gasteiger partial charge on any atom is -0.493 e. The number of nitrogens with zero attached hydrogens (tertiary/aromatic N) is 1. The van der Waals surface area contributed by atoms with Crippen LogP contribution in [0.15, 0.2) is 78.2 Å². The number of rotatable bonds is 10. The van der Waals surface area contributed by atoms with Crippen molar-refractivity contribution in [2.45, 2.75) is 6.61 Å². The summed E-state index contributed by atoms with van der Waals surface area (Å²) in [4.78, 5) is 17.0. The summed E-state index contributed by atoms with van der Waals surface area (Å²) < 4.78 is 22.0. The van der Waals surface area contributed by atoms with Gasteiger partial charge in [0.25, 0.3) is 0 Å². The first-order valence-corrected chi connectivity index (χ1v) is 12.0. The SMILES string of the molecule is COc1ccc(-c2csc(NC(=O)/C=C/c3ccc(OCc4ccccc4)c(OC)c3)n2)cc1OC. The highest BCUT2D eigenvalue weighted by Crippen LogP contribution is 2.33. The molecule has 0 fully saturated rings. The van der Waals surface area contributed by atoms with Gasteiger partial charge in [-0.05, 0) is 47.5 Å². The maximum Gasteiger partial charge on any atom is 0.250 e. The van der Waals surface area contributed by atoms with E-state index in [1.54, 1.807) is 27.4 Å². The molecule has 0 bridgehead atoms. The second-order valence-electron chi connectivity index (χ2n) is 7.61. The lowest BCUT2D eigenvalue weighted by atomic mass is 10.1. The Kier molecular flexibility index (Phi) is 8.20. The molecule has 0 radical (unpaired) electrons. The standard InChI is InChI=1S/C28H26N2O5S/c1-32-23-13-11-21(16-26(23)34-3)22-18-36-28(29-22)30-27(31)14-10-19-9-12-24(25(15-19)33-2)35-17-20-7-5-4-6-8-20/h4-16,18H,17H2,1-3H3,(H,29,30,31)/b14-10+. The van der Waals surface area contributed by atoms with E-state index in [4.69, 9.17) is 18.9 Å². The van der Waals surface area contributed by atoms with Crippen molar-refractivity contribution in [1.82, 2.24) is 4.98 Å². The van der Waals surface area contributed by atoms with Gasteiger partial charge < -0.3 is 18.9 Å². The molecule has 0 atom stereocenters. The van der Waals surface area contributed by atoms with E-state index in [1.165, 1.54) is 17.4 Å². The lowest BCUT2D eigenvalue weighted by molar-refractivity contribution is -0.111. The molecule has 36 heavy (non-hydrogen) atoms. The van der Waals surface area contributed by atoms with Crippen LogP contribution < -0.4 is 24.3 Å². The van der Waals surface area contributed by atoms with Gasteiger partial charge >= 0.3 is 0 Å². The fourth-order valence-corrected chi connectivity index (χ4v) is 4.14. The van der Waals surface area contributed by atoms with Gasteiger partial charge in [0.15, 0.2) is 28.1 Å². The molecule has 1 heterocycles. The molecule has 3 aromatic carbocycles. The number of nitrogens with one attached hydrogen (secondary N) is 1. The zero-order valence-corrected chi connectivity index (χ0v) is 21.0. The van der Waals surface area contributed by atoms with Crippen molar-refractivity contribution in [2.24, 2.45) is 0 Å². The molecule has 0 aliphatic carbocycles. The summed E-state index contributed by atoms with van der Waals surface area (Å²) in [5, 5.41) is 5.17. The van der Waals surface area contributed by atoms with Gasteiger partial charge in [-0.15, -0.1) is 11.3 Å². The van der Waals surface area contributed by atoms with E-state index in [-0.39, 0.29) is 5.91 Å². The van der Waals surface area contributed by atoms with Crippen LogP contribution in [0.5, 0.6) is 23.0 Å². The van der Waals surface area contributed by atoms with E-state index < -0.39 is 0 Å². The molecule has 4 rings (SSSR count). The van der Waals surface area contributed by atoms with Crippen LogP contribution in [0.4, 0.5) is 5.13 Å². The summed E-state index contributed by atoms with van der Waals surface area (Å²) in [5.74, 6) is 2.19. The van der Waals surface area contributed by atoms with Crippen molar-refractivity contribution in [3.05, 3.63) is 89.3 Å². The van der Waals surface area contributed by atoms with E-state index >= 15 is 0 Å². The smallest absolute Gasteiger partial charge is 0.250 e. The highest BCUT2D eigenvalue weighted by molar-refractivity contribution is 7.14. The number of carbonyl (C=O) groups excluding carboxylic acids is 1. The molecule has 0 spiro atoms. The lowest BCUT2D eigenvalue weighted by Crippen LogP contribution is -2.07. The third kappa shape index (κ3) is 6.22. The van der Waals surface area contributed by atoms with E-state index in [0.717, 1.165) is 22.4 Å². The molecule has 8 heteroatoms. The summed E-state index contributed by atoms with van der Waals surface area (Å²) in [6.07, 6.45) is 3.17. The predicted octanol–water partition coefficient (Wildman–Crippen LogP) is 6.07. The average molecular weight is 503 g/mol. The molecule has 0 unspecified atom stereocenters. The van der Waals surface area contributed by atoms with Gasteiger partial charge in [-0.2, -0.15) is 0 Å². The fourth-order valence-electron chi connectivity index (χ4n) is 3.42. The number of ether oxygens (including phenoxy) is 4. The van der Waals surface area contributed by atoms with Gasteiger partial charge in [-0.25, -0.2) is 4.98 Å². The quantitative estimate of drug-likeness (QED) is 0.265. The van der Waals surface area contributed by atoms with Crippen LogP contribution in [-0.2, 0) is 11.4 Å². The summed E-state index contributed by atoms with van der Waals surface area (Å²) in [6, 6.07) is 21.0. The zero-order valence-electron chi connectivity index (χ0n) is 20.2. The van der Waals surface area contributed by atoms with E-state index in [9.17, 15) is 4.79 Å². The number of aromatic nitrogens is 1. The Bertz CT molecular complexity index is 1350. The first-order chi connectivity index (χ1) is 17.6. The average Bonchev–Trinajstić information content (AvgIpc) is 3.39. The first kappa shape index (κ1) is 24.8. The molecule has 0 saturated carbocycles. The van der Waals surface area contributed by atoms with Gasteiger partial charge in [-0.1, -0.05) is 36.4 Å². The largest absolute Gasteiger partial charge is 0.493 e. The number of amides is 1. The van der Waals surface area contributed by atoms with E-state index in [0.29, 0.717) is 34.7 Å². The summed E-state index contributed by atoms with van der Waals surface area (Å²) in [5.41, 5.74) is 3.47. The highest BCUT2D eigenvalue weighted by atomic mass is 32.1. The fraction of sp³-hybridized carbons (Fsp3) is 0.143. The Morgan fingerprint density at radius 2 is 1.61 bits per heavy atom. The van der Waals surface area contributed by atoms with Crippen molar-refractivity contribution < 1.29 is 23.7 Å². The van der Waals surface area contributed by atoms with Crippen molar-refractivity contribution >= 4 is 28.5 Å². The van der Waals surface area contributed by atoms with Gasteiger partial charge in [0.2, 0.25) is 5.91 Å². The van der Waals surface area contributed by atoms with Crippen molar-refractivity contribution in [3.63, 3.8) is 0 Å². The van der Waals surface area contributed by atoms with Crippen LogP contribution in [0.25, 0.3) is 17.3 Å². The van der Waals surface area contributed by atoms with Crippen molar-refractivity contribution in [1.29, 1.82) is 0 Å². The number of benzene rings is 3. The number of hydrogen-bond acceptors (Lipinski definition) is 7. The first-order valence-electron chi connectivity index (χ1n) is 11.1. The minimum absolute atomic E-state index is 0.286. The van der Waals surface area contributed by atoms with Crippen molar-refractivity contribution in [3.8, 4) is 34.3 Å². The molecule has 0 aliphatic rings. The van der Waals surface area contributed by atoms with Gasteiger partial charge in [0, 0.05) is 17.0 Å². The van der Waals surface area contributed by atoms with E-state index in [1.807, 2.05) is 72.1 Å². The maximum atomic E-state index is 12.5. The minimum atomic E-state index is -0.286. The number of carbonyl (C=O) groups is 1. The Labute approximate surface area is 213 Å². The second kappa shape index (κ2) is 11.9. The number of methoxy groups -OCH3 is 3. The lowest BCUT2D eigenvalue weighted by Gasteiger charge is -2.11. The Balaban J connectivity index is 1.38. The van der Waals surface area contributed by atoms with Gasteiger partial charge in [0.05, 0.1) is 27.0 Å². The third-order valence-electron chi connectivity index (χ3n) is 5.27. The topological polar surface area (TPSA) is 78.9 Å². The molecule has 4 aromatic rings. The van der Waals surface area contributed by atoms with Gasteiger partial charge in [0.1, 0.15) is 6.61 Å². The number of anilines is 1. The van der Waals surface area contributed by atoms with Gasteiger partial charge in [-0.3, -0.25) is 10.1 Å². The molecule has 184 valence electrons. The molecule has 0 aliphatic heterocycles. The van der Waals surface area contributed by atoms with Crippen LogP contribution in [0.2, 0.25) is 0 Å². The number of thiazole rings is 1. The summed E-state index contributed by atoms with van der Waals surface area (Å²) in [7, 11) is 4.76. The molecule has 0 saturated heterocycles. The second-order valence-corrected chi connectivity index (χ2v) is 8.47. The monoisotopic (exact) mass is 502 g/mol. The summed E-state index contributed by atoms with van der Waals surface area (Å²) in [6.45, 7) is 0.438. The molecule has 7 nitrogen and oxygen atoms in total. The van der Waals surface area contributed by atoms with Crippen LogP contribution in [0.1, 0.15) is 11.1 Å². The Morgan fingerprint density at radius 3 is 2.36 bits per heavy atom. The molecule has 1 N–H and O–H groups in total. The summed E-state index contributed by atoms with van der Waals surface area (Å²) >= 11 is 1.34. The van der Waals surface area contributed by atoms with Crippen LogP contribution in [-0.4, -0.2) is 32.2 Å². The molecular weight excluding hydrogens is 476 g/mol. The van der Waals surface area contributed by atoms with Crippen LogP contribution in [0, 0.1) is 0 Å². The number of hydrogen-bond donors (Lipinski definition) is 1. The maximum absolute atomic E-state index is 12.5. The van der Waals surface area contributed by atoms with E-state index in [2.05, 4.69) is 10.3 Å². The molecule has 1 amide bonds. The van der Waals surface area contributed by atoms with Crippen LogP contribution in [0.3, 0.4) is 0 Å². The Morgan fingerprint density at radius 1 is 0.889 bits per heavy atom. The van der Waals surface area contributed by atoms with Crippen molar-refractivity contribution in [2.75, 3.05) is 26.6 Å². The normalized spacial score (nSPS) is 10.8. The highest BCUT2D eigenvalue weighted by Gasteiger charge is 2.11. The predicted molar refractivity (Wildman–Crippen MR) is 142 cm³/mol. The Hall–Kier alpha value is -4.30. The third-order valence-corrected chi connectivity index (χ3v) is 6.02.